The zero-order valence-corrected chi connectivity index (χ0v) is 19.5. The maximum atomic E-state index is 12.7. The summed E-state index contributed by atoms with van der Waals surface area (Å²) in [5.74, 6) is 1.24. The van der Waals surface area contributed by atoms with Crippen LogP contribution >= 0.6 is 34.3 Å². The second-order valence-electron chi connectivity index (χ2n) is 6.82. The van der Waals surface area contributed by atoms with E-state index in [0.29, 0.717) is 16.0 Å². The van der Waals surface area contributed by atoms with Gasteiger partial charge in [0.1, 0.15) is 5.75 Å². The Balaban J connectivity index is 1.33. The number of nitrogens with one attached hydrogen (secondary N) is 2. The van der Waals surface area contributed by atoms with Crippen molar-refractivity contribution in [3.63, 3.8) is 0 Å². The Bertz CT molecular complexity index is 1010. The number of carbonyl (C=O) groups is 1. The number of aromatic nitrogens is 4. The molecule has 3 heterocycles. The van der Waals surface area contributed by atoms with E-state index in [4.69, 9.17) is 7.80 Å². The molecule has 10 nitrogen and oxygen atoms in total. The fourth-order valence-electron chi connectivity index (χ4n) is 3.31. The first-order chi connectivity index (χ1) is 15.2. The summed E-state index contributed by atoms with van der Waals surface area (Å²) in [6.45, 7) is 1.68. The van der Waals surface area contributed by atoms with Crippen molar-refractivity contribution in [3.8, 4) is 5.75 Å². The van der Waals surface area contributed by atoms with Crippen LogP contribution in [0.1, 0.15) is 18.1 Å². The number of hydrogen-bond acceptors (Lipinski definition) is 10. The molecule has 3 aromatic rings. The normalized spacial score (nSPS) is 16.7. The van der Waals surface area contributed by atoms with Gasteiger partial charge in [-0.3, -0.25) is 10.1 Å². The van der Waals surface area contributed by atoms with Gasteiger partial charge in [0, 0.05) is 32.4 Å². The molecule has 0 aliphatic carbocycles. The van der Waals surface area contributed by atoms with Crippen LogP contribution < -0.4 is 18.6 Å². The molecule has 0 unspecified atom stereocenters. The number of benzene rings is 1. The Morgan fingerprint density at radius 3 is 2.74 bits per heavy atom. The maximum Gasteiger partial charge on any atom is 0.259 e. The summed E-state index contributed by atoms with van der Waals surface area (Å²) in [5, 5.41) is 23.5. The lowest BCUT2D eigenvalue weighted by molar-refractivity contribution is -0.126. The van der Waals surface area contributed by atoms with Crippen LogP contribution in [0.2, 0.25) is 0 Å². The topological polar surface area (TPSA) is 114 Å². The monoisotopic (exact) mass is 553 g/mol. The molecule has 4 rings (SSSR count). The third-order valence-corrected chi connectivity index (χ3v) is 6.08. The van der Waals surface area contributed by atoms with E-state index in [-0.39, 0.29) is 11.9 Å². The zero-order chi connectivity index (χ0) is 21.6. The molecule has 0 spiro atoms. The average molecular weight is 553 g/mol. The van der Waals surface area contributed by atoms with Gasteiger partial charge >= 0.3 is 0 Å². The summed E-state index contributed by atoms with van der Waals surface area (Å²) in [4.78, 5) is 14.9. The summed E-state index contributed by atoms with van der Waals surface area (Å²) >= 11 is 3.09. The SMILES string of the molecule is CO[C@H](C(=O)Nc1nnc(N[C@@H]2CCN(c3cccnn3)C2)s1)c1ccc(OI)cc1. The molecule has 1 aliphatic rings. The van der Waals surface area contributed by atoms with E-state index in [0.717, 1.165) is 30.9 Å². The highest BCUT2D eigenvalue weighted by Crippen LogP contribution is 2.27. The number of nitrogens with zero attached hydrogens (tertiary/aromatic N) is 5. The van der Waals surface area contributed by atoms with Crippen molar-refractivity contribution in [2.24, 2.45) is 0 Å². The van der Waals surface area contributed by atoms with Gasteiger partial charge in [0.05, 0.1) is 0 Å². The summed E-state index contributed by atoms with van der Waals surface area (Å²) < 4.78 is 10.5. The number of ether oxygens (including phenoxy) is 1. The van der Waals surface area contributed by atoms with E-state index in [2.05, 4.69) is 35.9 Å². The quantitative estimate of drug-likeness (QED) is 0.407. The van der Waals surface area contributed by atoms with Crippen LogP contribution in [0.3, 0.4) is 0 Å². The van der Waals surface area contributed by atoms with Crippen molar-refractivity contribution in [2.45, 2.75) is 18.6 Å². The zero-order valence-electron chi connectivity index (χ0n) is 16.6. The van der Waals surface area contributed by atoms with Gasteiger partial charge in [0.2, 0.25) is 10.3 Å². The van der Waals surface area contributed by atoms with Gasteiger partial charge in [0.25, 0.3) is 5.91 Å². The first-order valence-corrected chi connectivity index (χ1v) is 11.2. The standard InChI is InChI=1S/C19H20IN7O3S/c1-29-16(12-4-6-14(30-20)7-5-12)17(28)23-19-26-25-18(31-19)22-13-8-10-27(11-13)15-3-2-9-21-24-15/h2-7,9,13,16H,8,10-11H2,1H3,(H,22,25)(H,23,26,28)/t13-,16+/m1/s1. The van der Waals surface area contributed by atoms with Crippen molar-refractivity contribution >= 4 is 56.3 Å². The van der Waals surface area contributed by atoms with Gasteiger partial charge in [-0.1, -0.05) is 23.5 Å². The molecule has 1 fully saturated rings. The third-order valence-electron chi connectivity index (χ3n) is 4.80. The molecule has 2 atom stereocenters. The molecule has 0 bridgehead atoms. The van der Waals surface area contributed by atoms with Crippen molar-refractivity contribution in [1.29, 1.82) is 0 Å². The van der Waals surface area contributed by atoms with E-state index >= 15 is 0 Å². The first-order valence-electron chi connectivity index (χ1n) is 9.51. The predicted molar refractivity (Wildman–Crippen MR) is 126 cm³/mol. The van der Waals surface area contributed by atoms with Gasteiger partial charge in [-0.25, -0.2) is 0 Å². The summed E-state index contributed by atoms with van der Waals surface area (Å²) in [6, 6.07) is 11.2. The van der Waals surface area contributed by atoms with Crippen LogP contribution in [0.15, 0.2) is 42.6 Å². The minimum absolute atomic E-state index is 0.212. The predicted octanol–water partition coefficient (Wildman–Crippen LogP) is 3.07. The molecular weight excluding hydrogens is 533 g/mol. The minimum atomic E-state index is -0.765. The molecule has 1 amide bonds. The Morgan fingerprint density at radius 2 is 2.03 bits per heavy atom. The van der Waals surface area contributed by atoms with Crippen LogP contribution in [0.5, 0.6) is 5.75 Å². The minimum Gasteiger partial charge on any atom is -0.428 e. The van der Waals surface area contributed by atoms with Crippen LogP contribution in [0.25, 0.3) is 0 Å². The smallest absolute Gasteiger partial charge is 0.259 e. The molecule has 1 aliphatic heterocycles. The third kappa shape index (κ3) is 5.37. The molecule has 0 saturated carbocycles. The highest BCUT2D eigenvalue weighted by atomic mass is 127. The van der Waals surface area contributed by atoms with Crippen molar-refractivity contribution < 1.29 is 12.6 Å². The first kappa shape index (κ1) is 21.6. The lowest BCUT2D eigenvalue weighted by Crippen LogP contribution is -2.26. The lowest BCUT2D eigenvalue weighted by atomic mass is 10.1. The van der Waals surface area contributed by atoms with Crippen molar-refractivity contribution in [3.05, 3.63) is 48.2 Å². The fraction of sp³-hybridized carbons (Fsp3) is 0.316. The molecule has 12 heteroatoms. The van der Waals surface area contributed by atoms with E-state index in [1.54, 1.807) is 53.5 Å². The van der Waals surface area contributed by atoms with Gasteiger partial charge in [-0.15, -0.1) is 15.3 Å². The van der Waals surface area contributed by atoms with E-state index in [1.165, 1.54) is 18.4 Å². The number of rotatable bonds is 8. The fourth-order valence-corrected chi connectivity index (χ4v) is 4.33. The summed E-state index contributed by atoms with van der Waals surface area (Å²) in [5.41, 5.74) is 0.718. The molecule has 2 N–H and O–H groups in total. The van der Waals surface area contributed by atoms with Gasteiger partial charge < -0.3 is 18.0 Å². The van der Waals surface area contributed by atoms with Gasteiger partial charge in [-0.05, 0) is 36.2 Å². The van der Waals surface area contributed by atoms with E-state index in [9.17, 15) is 4.79 Å². The van der Waals surface area contributed by atoms with Gasteiger partial charge in [0.15, 0.2) is 34.9 Å². The molecular formula is C19H20IN7O3S. The Morgan fingerprint density at radius 1 is 1.23 bits per heavy atom. The van der Waals surface area contributed by atoms with Crippen LogP contribution in [0.4, 0.5) is 16.1 Å². The average Bonchev–Trinajstić information content (AvgIpc) is 3.45. The van der Waals surface area contributed by atoms with Crippen molar-refractivity contribution in [2.75, 3.05) is 35.7 Å². The Labute approximate surface area is 197 Å². The number of halogens is 1. The summed E-state index contributed by atoms with van der Waals surface area (Å²) in [6.07, 6.45) is 1.84. The highest BCUT2D eigenvalue weighted by molar-refractivity contribution is 14.1. The number of methoxy groups -OCH3 is 1. The molecule has 1 saturated heterocycles. The molecule has 0 radical (unpaired) electrons. The van der Waals surface area contributed by atoms with Crippen LogP contribution in [-0.4, -0.2) is 52.5 Å². The van der Waals surface area contributed by atoms with Crippen LogP contribution in [0, 0.1) is 0 Å². The summed E-state index contributed by atoms with van der Waals surface area (Å²) in [7, 11) is 1.49. The molecule has 1 aromatic carbocycles. The Hall–Kier alpha value is -2.58. The molecule has 31 heavy (non-hydrogen) atoms. The largest absolute Gasteiger partial charge is 0.428 e. The van der Waals surface area contributed by atoms with Crippen molar-refractivity contribution in [1.82, 2.24) is 20.4 Å². The van der Waals surface area contributed by atoms with Crippen LogP contribution in [-0.2, 0) is 9.53 Å². The second-order valence-corrected chi connectivity index (χ2v) is 8.24. The van der Waals surface area contributed by atoms with E-state index in [1.807, 2.05) is 12.1 Å². The number of carbonyl (C=O) groups excluding carboxylic acids is 1. The van der Waals surface area contributed by atoms with E-state index < -0.39 is 6.10 Å². The molecule has 2 aromatic heterocycles. The Kier molecular flexibility index (Phi) is 7.09. The number of hydrogen-bond donors (Lipinski definition) is 2. The number of amides is 1. The maximum absolute atomic E-state index is 12.7. The second kappa shape index (κ2) is 10.2. The molecule has 162 valence electrons. The number of anilines is 3. The lowest BCUT2D eigenvalue weighted by Gasteiger charge is -2.16. The highest BCUT2D eigenvalue weighted by Gasteiger charge is 2.25. The van der Waals surface area contributed by atoms with Gasteiger partial charge in [-0.2, -0.15) is 5.10 Å².